The SMILES string of the molecule is CCCN(Cc1ccc(C#N)cc1)S(N)(=O)=O. The Morgan fingerprint density at radius 2 is 1.94 bits per heavy atom. The number of rotatable bonds is 5. The van der Waals surface area contributed by atoms with Crippen LogP contribution in [-0.4, -0.2) is 19.3 Å². The molecule has 92 valence electrons. The smallest absolute Gasteiger partial charge is 0.216 e. The number of nitriles is 1. The van der Waals surface area contributed by atoms with Gasteiger partial charge < -0.3 is 0 Å². The zero-order valence-corrected chi connectivity index (χ0v) is 10.4. The van der Waals surface area contributed by atoms with Gasteiger partial charge in [0.1, 0.15) is 0 Å². The van der Waals surface area contributed by atoms with E-state index in [9.17, 15) is 8.42 Å². The van der Waals surface area contributed by atoms with Gasteiger partial charge in [-0.05, 0) is 24.1 Å². The maximum absolute atomic E-state index is 11.3. The number of nitrogens with zero attached hydrogens (tertiary/aromatic N) is 2. The Morgan fingerprint density at radius 3 is 2.35 bits per heavy atom. The molecule has 2 N–H and O–H groups in total. The highest BCUT2D eigenvalue weighted by atomic mass is 32.2. The van der Waals surface area contributed by atoms with Crippen LogP contribution in [0.25, 0.3) is 0 Å². The largest absolute Gasteiger partial charge is 0.277 e. The molecule has 1 rings (SSSR count). The number of benzene rings is 1. The molecule has 0 saturated heterocycles. The van der Waals surface area contributed by atoms with Crippen molar-refractivity contribution in [1.29, 1.82) is 5.26 Å². The summed E-state index contributed by atoms with van der Waals surface area (Å²) in [5, 5.41) is 13.8. The Labute approximate surface area is 102 Å². The monoisotopic (exact) mass is 253 g/mol. The van der Waals surface area contributed by atoms with E-state index in [0.29, 0.717) is 18.5 Å². The summed E-state index contributed by atoms with van der Waals surface area (Å²) in [6.45, 7) is 2.51. The quantitative estimate of drug-likeness (QED) is 0.848. The van der Waals surface area contributed by atoms with Crippen LogP contribution in [-0.2, 0) is 16.8 Å². The maximum Gasteiger partial charge on any atom is 0.277 e. The summed E-state index contributed by atoms with van der Waals surface area (Å²) in [6, 6.07) is 8.77. The van der Waals surface area contributed by atoms with Crippen LogP contribution >= 0.6 is 0 Å². The zero-order chi connectivity index (χ0) is 12.9. The Balaban J connectivity index is 2.83. The normalized spacial score (nSPS) is 11.4. The van der Waals surface area contributed by atoms with E-state index in [1.807, 2.05) is 13.0 Å². The van der Waals surface area contributed by atoms with Crippen LogP contribution in [0.1, 0.15) is 24.5 Å². The second-order valence-electron chi connectivity index (χ2n) is 3.69. The third-order valence-electron chi connectivity index (χ3n) is 2.27. The van der Waals surface area contributed by atoms with Crippen LogP contribution in [0.5, 0.6) is 0 Å². The van der Waals surface area contributed by atoms with Gasteiger partial charge in [0, 0.05) is 13.1 Å². The average molecular weight is 253 g/mol. The molecular weight excluding hydrogens is 238 g/mol. The van der Waals surface area contributed by atoms with Crippen molar-refractivity contribution in [2.75, 3.05) is 6.54 Å². The topological polar surface area (TPSA) is 87.2 Å². The van der Waals surface area contributed by atoms with Crippen molar-refractivity contribution >= 4 is 10.2 Å². The predicted octanol–water partition coefficient (Wildman–Crippen LogP) is 0.974. The second-order valence-corrected chi connectivity index (χ2v) is 5.23. The molecule has 0 spiro atoms. The molecule has 0 aliphatic carbocycles. The van der Waals surface area contributed by atoms with Gasteiger partial charge in [0.2, 0.25) is 0 Å². The number of hydrogen-bond donors (Lipinski definition) is 1. The fourth-order valence-corrected chi connectivity index (χ4v) is 2.20. The molecule has 6 heteroatoms. The standard InChI is InChI=1S/C11H15N3O2S/c1-2-7-14(17(13,15)16)9-11-5-3-10(8-12)4-6-11/h3-6H,2,7,9H2,1H3,(H2,13,15,16). The van der Waals surface area contributed by atoms with Gasteiger partial charge in [0.15, 0.2) is 0 Å². The van der Waals surface area contributed by atoms with E-state index in [-0.39, 0.29) is 6.54 Å². The van der Waals surface area contributed by atoms with Crippen LogP contribution in [0, 0.1) is 11.3 Å². The summed E-state index contributed by atoms with van der Waals surface area (Å²) in [6.07, 6.45) is 0.701. The van der Waals surface area contributed by atoms with Gasteiger partial charge >= 0.3 is 0 Å². The van der Waals surface area contributed by atoms with Gasteiger partial charge in [0.05, 0.1) is 11.6 Å². The third kappa shape index (κ3) is 4.15. The molecule has 17 heavy (non-hydrogen) atoms. The zero-order valence-electron chi connectivity index (χ0n) is 9.63. The first-order valence-electron chi connectivity index (χ1n) is 5.24. The molecule has 0 unspecified atom stereocenters. The second kappa shape index (κ2) is 5.77. The van der Waals surface area contributed by atoms with Crippen molar-refractivity contribution in [2.45, 2.75) is 19.9 Å². The molecular formula is C11H15N3O2S. The molecule has 0 aromatic heterocycles. The lowest BCUT2D eigenvalue weighted by Crippen LogP contribution is -2.36. The van der Waals surface area contributed by atoms with Crippen molar-refractivity contribution < 1.29 is 8.42 Å². The lowest BCUT2D eigenvalue weighted by atomic mass is 10.1. The summed E-state index contributed by atoms with van der Waals surface area (Å²) in [4.78, 5) is 0. The molecule has 0 aliphatic rings. The fourth-order valence-electron chi connectivity index (χ4n) is 1.43. The molecule has 0 amide bonds. The van der Waals surface area contributed by atoms with E-state index < -0.39 is 10.2 Å². The number of hydrogen-bond acceptors (Lipinski definition) is 3. The molecule has 0 bridgehead atoms. The van der Waals surface area contributed by atoms with Crippen LogP contribution < -0.4 is 5.14 Å². The molecule has 0 atom stereocenters. The van der Waals surface area contributed by atoms with E-state index in [1.54, 1.807) is 24.3 Å². The van der Waals surface area contributed by atoms with Gasteiger partial charge in [-0.3, -0.25) is 0 Å². The summed E-state index contributed by atoms with van der Waals surface area (Å²) in [5.74, 6) is 0. The predicted molar refractivity (Wildman–Crippen MR) is 65.0 cm³/mol. The summed E-state index contributed by atoms with van der Waals surface area (Å²) in [5.41, 5.74) is 1.36. The van der Waals surface area contributed by atoms with Gasteiger partial charge in [0.25, 0.3) is 10.2 Å². The molecule has 5 nitrogen and oxygen atoms in total. The summed E-state index contributed by atoms with van der Waals surface area (Å²) < 4.78 is 23.8. The van der Waals surface area contributed by atoms with Crippen LogP contribution in [0.2, 0.25) is 0 Å². The Hall–Kier alpha value is -1.42. The minimum Gasteiger partial charge on any atom is -0.216 e. The van der Waals surface area contributed by atoms with Gasteiger partial charge in [-0.1, -0.05) is 19.1 Å². The van der Waals surface area contributed by atoms with Crippen molar-refractivity contribution in [3.63, 3.8) is 0 Å². The van der Waals surface area contributed by atoms with Crippen molar-refractivity contribution in [3.05, 3.63) is 35.4 Å². The van der Waals surface area contributed by atoms with E-state index >= 15 is 0 Å². The first-order chi connectivity index (χ1) is 7.97. The minimum atomic E-state index is -3.67. The minimum absolute atomic E-state index is 0.235. The molecule has 0 radical (unpaired) electrons. The fraction of sp³-hybridized carbons (Fsp3) is 0.364. The Morgan fingerprint density at radius 1 is 1.35 bits per heavy atom. The highest BCUT2D eigenvalue weighted by Crippen LogP contribution is 2.09. The molecule has 1 aromatic carbocycles. The van der Waals surface area contributed by atoms with Gasteiger partial charge in [-0.25, -0.2) is 5.14 Å². The third-order valence-corrected chi connectivity index (χ3v) is 3.31. The van der Waals surface area contributed by atoms with Crippen molar-refractivity contribution in [1.82, 2.24) is 4.31 Å². The molecule has 0 saturated carbocycles. The lowest BCUT2D eigenvalue weighted by Gasteiger charge is -2.18. The van der Waals surface area contributed by atoms with Gasteiger partial charge in [-0.2, -0.15) is 18.0 Å². The Bertz CT molecular complexity index is 503. The van der Waals surface area contributed by atoms with E-state index in [0.717, 1.165) is 5.56 Å². The van der Waals surface area contributed by atoms with Crippen LogP contribution in [0.4, 0.5) is 0 Å². The van der Waals surface area contributed by atoms with E-state index in [4.69, 9.17) is 10.4 Å². The maximum atomic E-state index is 11.3. The highest BCUT2D eigenvalue weighted by molar-refractivity contribution is 7.86. The average Bonchev–Trinajstić information content (AvgIpc) is 2.28. The van der Waals surface area contributed by atoms with E-state index in [2.05, 4.69) is 0 Å². The highest BCUT2D eigenvalue weighted by Gasteiger charge is 2.16. The molecule has 0 aliphatic heterocycles. The summed E-state index contributed by atoms with van der Waals surface area (Å²) in [7, 11) is -3.67. The lowest BCUT2D eigenvalue weighted by molar-refractivity contribution is 0.406. The van der Waals surface area contributed by atoms with Crippen LogP contribution in [0.3, 0.4) is 0 Å². The van der Waals surface area contributed by atoms with Gasteiger partial charge in [-0.15, -0.1) is 0 Å². The summed E-state index contributed by atoms with van der Waals surface area (Å²) >= 11 is 0. The van der Waals surface area contributed by atoms with Crippen molar-refractivity contribution in [3.8, 4) is 6.07 Å². The first kappa shape index (κ1) is 13.6. The van der Waals surface area contributed by atoms with Crippen LogP contribution in [0.15, 0.2) is 24.3 Å². The Kier molecular flexibility index (Phi) is 4.63. The van der Waals surface area contributed by atoms with E-state index in [1.165, 1.54) is 4.31 Å². The first-order valence-corrected chi connectivity index (χ1v) is 6.74. The molecule has 0 fully saturated rings. The molecule has 0 heterocycles. The van der Waals surface area contributed by atoms with Crippen molar-refractivity contribution in [2.24, 2.45) is 5.14 Å². The molecule has 1 aromatic rings. The number of nitrogens with two attached hydrogens (primary N) is 1.